The van der Waals surface area contributed by atoms with E-state index in [-0.39, 0.29) is 6.61 Å². The number of phosphoric acid groups is 1. The normalized spacial score (nSPS) is 11.9. The third-order valence-corrected chi connectivity index (χ3v) is 1.97. The van der Waals surface area contributed by atoms with Gasteiger partial charge in [-0.1, -0.05) is 0 Å². The van der Waals surface area contributed by atoms with Gasteiger partial charge in [0.25, 0.3) is 0 Å². The second-order valence-electron chi connectivity index (χ2n) is 1.67. The van der Waals surface area contributed by atoms with E-state index in [0.717, 1.165) is 5.75 Å². The molecular weight excluding hydrogens is 175 g/mol. The third kappa shape index (κ3) is 8.46. The molecule has 0 aromatic heterocycles. The minimum atomic E-state index is -4.22. The van der Waals surface area contributed by atoms with Gasteiger partial charge in [0.2, 0.25) is 0 Å². The lowest BCUT2D eigenvalue weighted by atomic mass is 10.5. The summed E-state index contributed by atoms with van der Waals surface area (Å²) in [6.07, 6.45) is 2.60. The number of hydrogen-bond acceptors (Lipinski definition) is 3. The zero-order valence-corrected chi connectivity index (χ0v) is 7.40. The molecule has 0 saturated heterocycles. The number of rotatable bonds is 5. The average Bonchev–Trinajstić information content (AvgIpc) is 1.78. The van der Waals surface area contributed by atoms with E-state index in [1.165, 1.54) is 0 Å². The molecule has 0 amide bonds. The Balaban J connectivity index is 3.13. The molecule has 0 aliphatic heterocycles. The lowest BCUT2D eigenvalue weighted by Gasteiger charge is -2.02. The monoisotopic (exact) mass is 186 g/mol. The molecule has 2 N–H and O–H groups in total. The first-order valence-corrected chi connectivity index (χ1v) is 5.67. The minimum Gasteiger partial charge on any atom is -0.303 e. The van der Waals surface area contributed by atoms with Crippen molar-refractivity contribution < 1.29 is 18.9 Å². The highest BCUT2D eigenvalue weighted by Gasteiger charge is 2.11. The Kier molecular flexibility index (Phi) is 5.39. The summed E-state index contributed by atoms with van der Waals surface area (Å²) in [7, 11) is -4.22. The van der Waals surface area contributed by atoms with Crippen molar-refractivity contribution in [1.82, 2.24) is 0 Å². The van der Waals surface area contributed by atoms with E-state index in [2.05, 4.69) is 4.52 Å². The molecule has 0 heterocycles. The van der Waals surface area contributed by atoms with Gasteiger partial charge in [0.15, 0.2) is 0 Å². The molecule has 0 rings (SSSR count). The largest absolute Gasteiger partial charge is 0.469 e. The van der Waals surface area contributed by atoms with Crippen LogP contribution in [-0.4, -0.2) is 28.4 Å². The molecule has 0 aromatic rings. The molecule has 0 saturated carbocycles. The highest BCUT2D eigenvalue weighted by Crippen LogP contribution is 2.35. The summed E-state index contributed by atoms with van der Waals surface area (Å²) in [5, 5.41) is 0. The maximum absolute atomic E-state index is 10.1. The van der Waals surface area contributed by atoms with Crippen LogP contribution < -0.4 is 0 Å². The molecule has 0 unspecified atom stereocenters. The van der Waals surface area contributed by atoms with Crippen molar-refractivity contribution in [2.75, 3.05) is 18.6 Å². The van der Waals surface area contributed by atoms with Gasteiger partial charge in [-0.2, -0.15) is 11.8 Å². The summed E-state index contributed by atoms with van der Waals surface area (Å²) in [4.78, 5) is 16.4. The molecule has 0 aliphatic rings. The van der Waals surface area contributed by atoms with Crippen molar-refractivity contribution in [3.63, 3.8) is 0 Å². The van der Waals surface area contributed by atoms with Gasteiger partial charge in [0, 0.05) is 0 Å². The van der Waals surface area contributed by atoms with Crippen molar-refractivity contribution in [3.05, 3.63) is 0 Å². The van der Waals surface area contributed by atoms with E-state index in [1.807, 2.05) is 6.26 Å². The highest BCUT2D eigenvalue weighted by molar-refractivity contribution is 7.98. The van der Waals surface area contributed by atoms with E-state index in [9.17, 15) is 4.57 Å². The van der Waals surface area contributed by atoms with Crippen molar-refractivity contribution in [2.24, 2.45) is 0 Å². The molecule has 0 fully saturated rings. The fourth-order valence-corrected chi connectivity index (χ4v) is 1.16. The predicted octanol–water partition coefficient (Wildman–Crippen LogP) is 0.849. The first kappa shape index (κ1) is 10.5. The molecule has 0 radical (unpaired) electrons. The standard InChI is InChI=1S/C4H11O4PS/c1-10-4-2-3-8-9(5,6)7/h2-4H2,1H3,(H2,5,6,7). The molecule has 0 aromatic carbocycles. The summed E-state index contributed by atoms with van der Waals surface area (Å²) >= 11 is 1.62. The molecule has 0 atom stereocenters. The lowest BCUT2D eigenvalue weighted by molar-refractivity contribution is 0.198. The van der Waals surface area contributed by atoms with Gasteiger partial charge in [0.05, 0.1) is 6.61 Å². The Labute approximate surface area is 64.2 Å². The van der Waals surface area contributed by atoms with Gasteiger partial charge in [-0.15, -0.1) is 0 Å². The second kappa shape index (κ2) is 5.16. The minimum absolute atomic E-state index is 0.130. The van der Waals surface area contributed by atoms with Crippen LogP contribution in [0.4, 0.5) is 0 Å². The van der Waals surface area contributed by atoms with E-state index in [1.54, 1.807) is 11.8 Å². The topological polar surface area (TPSA) is 66.8 Å². The maximum Gasteiger partial charge on any atom is 0.469 e. The van der Waals surface area contributed by atoms with Crippen LogP contribution in [0.3, 0.4) is 0 Å². The zero-order valence-electron chi connectivity index (χ0n) is 5.69. The van der Waals surface area contributed by atoms with Gasteiger partial charge < -0.3 is 9.79 Å². The molecule has 4 nitrogen and oxygen atoms in total. The zero-order chi connectivity index (χ0) is 8.04. The van der Waals surface area contributed by atoms with Crippen LogP contribution in [-0.2, 0) is 9.09 Å². The third-order valence-electron chi connectivity index (χ3n) is 0.752. The van der Waals surface area contributed by atoms with Crippen LogP contribution in [0.2, 0.25) is 0 Å². The molecule has 0 aliphatic carbocycles. The van der Waals surface area contributed by atoms with Crippen LogP contribution in [0.15, 0.2) is 0 Å². The van der Waals surface area contributed by atoms with E-state index in [0.29, 0.717) is 6.42 Å². The Bertz CT molecular complexity index is 122. The Hall–Kier alpha value is 0.460. The Morgan fingerprint density at radius 2 is 2.20 bits per heavy atom. The number of hydrogen-bond donors (Lipinski definition) is 2. The SMILES string of the molecule is CSCCCOP(=O)(O)O. The first-order valence-electron chi connectivity index (χ1n) is 2.75. The van der Waals surface area contributed by atoms with Crippen molar-refractivity contribution in [1.29, 1.82) is 0 Å². The first-order chi connectivity index (χ1) is 4.56. The van der Waals surface area contributed by atoms with Crippen LogP contribution in [0, 0.1) is 0 Å². The Morgan fingerprint density at radius 3 is 2.60 bits per heavy atom. The number of thioether (sulfide) groups is 1. The lowest BCUT2D eigenvalue weighted by Crippen LogP contribution is -1.93. The molecule has 62 valence electrons. The summed E-state index contributed by atoms with van der Waals surface area (Å²) in [5.41, 5.74) is 0. The predicted molar refractivity (Wildman–Crippen MR) is 41.0 cm³/mol. The van der Waals surface area contributed by atoms with Gasteiger partial charge >= 0.3 is 7.82 Å². The van der Waals surface area contributed by atoms with Gasteiger partial charge in [-0.25, -0.2) is 4.57 Å². The van der Waals surface area contributed by atoms with Crippen molar-refractivity contribution in [2.45, 2.75) is 6.42 Å². The molecular formula is C4H11O4PS. The summed E-state index contributed by atoms with van der Waals surface area (Å²) < 4.78 is 14.2. The van der Waals surface area contributed by atoms with Gasteiger partial charge in [0.1, 0.15) is 0 Å². The second-order valence-corrected chi connectivity index (χ2v) is 3.90. The average molecular weight is 186 g/mol. The van der Waals surface area contributed by atoms with Crippen LogP contribution in [0.1, 0.15) is 6.42 Å². The van der Waals surface area contributed by atoms with E-state index < -0.39 is 7.82 Å². The van der Waals surface area contributed by atoms with E-state index >= 15 is 0 Å². The van der Waals surface area contributed by atoms with Gasteiger partial charge in [-0.05, 0) is 18.4 Å². The summed E-state index contributed by atoms with van der Waals surface area (Å²) in [6, 6.07) is 0. The molecule has 0 spiro atoms. The maximum atomic E-state index is 10.1. The van der Waals surface area contributed by atoms with Crippen LogP contribution in [0.5, 0.6) is 0 Å². The fourth-order valence-electron chi connectivity index (χ4n) is 0.387. The molecule has 10 heavy (non-hydrogen) atoms. The highest BCUT2D eigenvalue weighted by atomic mass is 32.2. The summed E-state index contributed by atoms with van der Waals surface area (Å²) in [6.45, 7) is 0.130. The van der Waals surface area contributed by atoms with Crippen molar-refractivity contribution in [3.8, 4) is 0 Å². The van der Waals surface area contributed by atoms with E-state index in [4.69, 9.17) is 9.79 Å². The van der Waals surface area contributed by atoms with Crippen LogP contribution >= 0.6 is 19.6 Å². The fraction of sp³-hybridized carbons (Fsp3) is 1.00. The van der Waals surface area contributed by atoms with Crippen molar-refractivity contribution >= 4 is 19.6 Å². The summed E-state index contributed by atoms with van der Waals surface area (Å²) in [5.74, 6) is 0.861. The van der Waals surface area contributed by atoms with Crippen LogP contribution in [0.25, 0.3) is 0 Å². The smallest absolute Gasteiger partial charge is 0.303 e. The van der Waals surface area contributed by atoms with Gasteiger partial charge in [-0.3, -0.25) is 4.52 Å². The number of phosphoric ester groups is 1. The quantitative estimate of drug-likeness (QED) is 0.492. The molecule has 0 bridgehead atoms. The Morgan fingerprint density at radius 1 is 1.60 bits per heavy atom. The molecule has 6 heteroatoms.